The monoisotopic (exact) mass is 240 g/mol. The van der Waals surface area contributed by atoms with Gasteiger partial charge < -0.3 is 10.6 Å². The third-order valence-electron chi connectivity index (χ3n) is 3.76. The summed E-state index contributed by atoms with van der Waals surface area (Å²) in [5, 5.41) is 0. The lowest BCUT2D eigenvalue weighted by Gasteiger charge is -2.28. The number of nitrogens with zero attached hydrogens (tertiary/aromatic N) is 1. The van der Waals surface area contributed by atoms with E-state index in [2.05, 4.69) is 27.7 Å². The number of carbonyl (C=O) groups excluding carboxylic acids is 1. The van der Waals surface area contributed by atoms with Gasteiger partial charge in [-0.15, -0.1) is 0 Å². The van der Waals surface area contributed by atoms with E-state index in [1.165, 1.54) is 0 Å². The Kier molecular flexibility index (Phi) is 5.44. The van der Waals surface area contributed by atoms with Crippen molar-refractivity contribution >= 4 is 5.91 Å². The first-order valence-electron chi connectivity index (χ1n) is 7.03. The Morgan fingerprint density at radius 2 is 1.94 bits per heavy atom. The van der Waals surface area contributed by atoms with Crippen LogP contribution in [-0.2, 0) is 4.79 Å². The fourth-order valence-electron chi connectivity index (χ4n) is 1.95. The van der Waals surface area contributed by atoms with E-state index in [-0.39, 0.29) is 17.9 Å². The van der Waals surface area contributed by atoms with E-state index in [1.54, 1.807) is 0 Å². The topological polar surface area (TPSA) is 46.3 Å². The van der Waals surface area contributed by atoms with Gasteiger partial charge >= 0.3 is 0 Å². The first kappa shape index (κ1) is 14.5. The molecule has 1 saturated carbocycles. The van der Waals surface area contributed by atoms with Crippen LogP contribution in [0, 0.1) is 11.8 Å². The van der Waals surface area contributed by atoms with Gasteiger partial charge in [-0.3, -0.25) is 4.79 Å². The highest BCUT2D eigenvalue weighted by molar-refractivity contribution is 5.82. The van der Waals surface area contributed by atoms with E-state index in [4.69, 9.17) is 5.73 Å². The zero-order valence-electron chi connectivity index (χ0n) is 11.8. The van der Waals surface area contributed by atoms with E-state index >= 15 is 0 Å². The molecule has 17 heavy (non-hydrogen) atoms. The minimum Gasteiger partial charge on any atom is -0.338 e. The van der Waals surface area contributed by atoms with Gasteiger partial charge in [0.05, 0.1) is 6.04 Å². The standard InChI is InChI=1S/C14H28N2O/c1-5-11(4)13(15)14(17)16(12-6-7-12)9-8-10(2)3/h10-13H,5-9,15H2,1-4H3. The third kappa shape index (κ3) is 4.30. The van der Waals surface area contributed by atoms with E-state index in [9.17, 15) is 4.79 Å². The van der Waals surface area contributed by atoms with Crippen molar-refractivity contribution in [2.24, 2.45) is 17.6 Å². The summed E-state index contributed by atoms with van der Waals surface area (Å²) in [5.41, 5.74) is 6.05. The van der Waals surface area contributed by atoms with E-state index in [0.717, 1.165) is 32.2 Å². The van der Waals surface area contributed by atoms with Crippen molar-refractivity contribution in [3.63, 3.8) is 0 Å². The molecule has 3 nitrogen and oxygen atoms in total. The van der Waals surface area contributed by atoms with Crippen LogP contribution in [0.25, 0.3) is 0 Å². The van der Waals surface area contributed by atoms with E-state index in [0.29, 0.717) is 12.0 Å². The zero-order chi connectivity index (χ0) is 13.0. The van der Waals surface area contributed by atoms with Gasteiger partial charge in [0.1, 0.15) is 0 Å². The SMILES string of the molecule is CCC(C)C(N)C(=O)N(CCC(C)C)C1CC1. The molecule has 2 N–H and O–H groups in total. The van der Waals surface area contributed by atoms with Crippen molar-refractivity contribution in [3.05, 3.63) is 0 Å². The molecule has 2 atom stereocenters. The highest BCUT2D eigenvalue weighted by atomic mass is 16.2. The molecule has 0 aromatic heterocycles. The smallest absolute Gasteiger partial charge is 0.240 e. The van der Waals surface area contributed by atoms with Crippen LogP contribution in [0.5, 0.6) is 0 Å². The Morgan fingerprint density at radius 3 is 2.35 bits per heavy atom. The summed E-state index contributed by atoms with van der Waals surface area (Å²) in [6, 6.07) is 0.170. The predicted octanol–water partition coefficient (Wildman–Crippen LogP) is 2.40. The van der Waals surface area contributed by atoms with Crippen molar-refractivity contribution in [2.75, 3.05) is 6.54 Å². The minimum absolute atomic E-state index is 0.169. The number of hydrogen-bond donors (Lipinski definition) is 1. The van der Waals surface area contributed by atoms with Gasteiger partial charge in [-0.05, 0) is 31.1 Å². The summed E-state index contributed by atoms with van der Waals surface area (Å²) in [7, 11) is 0. The van der Waals surface area contributed by atoms with Crippen molar-refractivity contribution in [2.45, 2.75) is 65.5 Å². The predicted molar refractivity (Wildman–Crippen MR) is 71.6 cm³/mol. The lowest BCUT2D eigenvalue weighted by molar-refractivity contribution is -0.134. The van der Waals surface area contributed by atoms with Crippen LogP contribution in [0.3, 0.4) is 0 Å². The van der Waals surface area contributed by atoms with Gasteiger partial charge in [0.25, 0.3) is 0 Å². The Morgan fingerprint density at radius 1 is 1.35 bits per heavy atom. The third-order valence-corrected chi connectivity index (χ3v) is 3.76. The second-order valence-corrected chi connectivity index (χ2v) is 5.86. The van der Waals surface area contributed by atoms with E-state index < -0.39 is 0 Å². The first-order chi connectivity index (χ1) is 7.97. The minimum atomic E-state index is -0.312. The van der Waals surface area contributed by atoms with Crippen LogP contribution in [-0.4, -0.2) is 29.4 Å². The molecule has 0 radical (unpaired) electrons. The van der Waals surface area contributed by atoms with Gasteiger partial charge in [0.2, 0.25) is 5.91 Å². The molecule has 2 unspecified atom stereocenters. The van der Waals surface area contributed by atoms with Crippen molar-refractivity contribution < 1.29 is 4.79 Å². The fourth-order valence-corrected chi connectivity index (χ4v) is 1.95. The van der Waals surface area contributed by atoms with Gasteiger partial charge in [-0.2, -0.15) is 0 Å². The highest BCUT2D eigenvalue weighted by Crippen LogP contribution is 2.28. The van der Waals surface area contributed by atoms with Crippen LogP contribution in [0.2, 0.25) is 0 Å². The van der Waals surface area contributed by atoms with Crippen LogP contribution < -0.4 is 5.73 Å². The lowest BCUT2D eigenvalue weighted by Crippen LogP contribution is -2.48. The maximum absolute atomic E-state index is 12.3. The summed E-state index contributed by atoms with van der Waals surface area (Å²) in [6.07, 6.45) is 4.37. The van der Waals surface area contributed by atoms with Crippen LogP contribution in [0.4, 0.5) is 0 Å². The molecule has 1 aliphatic rings. The average Bonchev–Trinajstić information content (AvgIpc) is 3.10. The summed E-state index contributed by atoms with van der Waals surface area (Å²) >= 11 is 0. The summed E-state index contributed by atoms with van der Waals surface area (Å²) in [4.78, 5) is 14.4. The molecular formula is C14H28N2O. The maximum Gasteiger partial charge on any atom is 0.240 e. The van der Waals surface area contributed by atoms with Crippen molar-refractivity contribution in [1.29, 1.82) is 0 Å². The molecule has 1 amide bonds. The average molecular weight is 240 g/mol. The molecule has 1 fully saturated rings. The Labute approximate surface area is 106 Å². The van der Waals surface area contributed by atoms with Gasteiger partial charge in [-0.1, -0.05) is 34.1 Å². The largest absolute Gasteiger partial charge is 0.338 e. The molecule has 0 bridgehead atoms. The zero-order valence-corrected chi connectivity index (χ0v) is 11.8. The van der Waals surface area contributed by atoms with Gasteiger partial charge in [0, 0.05) is 12.6 Å². The molecule has 0 saturated heterocycles. The number of nitrogens with two attached hydrogens (primary N) is 1. The molecular weight excluding hydrogens is 212 g/mol. The summed E-state index contributed by atoms with van der Waals surface area (Å²) < 4.78 is 0. The quantitative estimate of drug-likeness (QED) is 0.742. The summed E-state index contributed by atoms with van der Waals surface area (Å²) in [6.45, 7) is 9.43. The number of rotatable bonds is 7. The van der Waals surface area contributed by atoms with Crippen molar-refractivity contribution in [1.82, 2.24) is 4.90 Å². The molecule has 0 spiro atoms. The van der Waals surface area contributed by atoms with Crippen molar-refractivity contribution in [3.8, 4) is 0 Å². The second-order valence-electron chi connectivity index (χ2n) is 5.86. The number of amides is 1. The number of carbonyl (C=O) groups is 1. The molecule has 3 heteroatoms. The van der Waals surface area contributed by atoms with Gasteiger partial charge in [0.15, 0.2) is 0 Å². The highest BCUT2D eigenvalue weighted by Gasteiger charge is 2.35. The Balaban J connectivity index is 2.54. The van der Waals surface area contributed by atoms with Crippen LogP contribution in [0.1, 0.15) is 53.4 Å². The molecule has 0 aliphatic heterocycles. The molecule has 100 valence electrons. The normalized spacial score (nSPS) is 19.2. The number of hydrogen-bond acceptors (Lipinski definition) is 2. The Bertz CT molecular complexity index is 249. The van der Waals surface area contributed by atoms with Gasteiger partial charge in [-0.25, -0.2) is 0 Å². The van der Waals surface area contributed by atoms with E-state index in [1.807, 2.05) is 4.90 Å². The molecule has 0 aromatic rings. The molecule has 1 aliphatic carbocycles. The van der Waals surface area contributed by atoms with Crippen LogP contribution in [0.15, 0.2) is 0 Å². The fraction of sp³-hybridized carbons (Fsp3) is 0.929. The van der Waals surface area contributed by atoms with Crippen LogP contribution >= 0.6 is 0 Å². The molecule has 0 heterocycles. The first-order valence-corrected chi connectivity index (χ1v) is 7.03. The summed E-state index contributed by atoms with van der Waals surface area (Å²) in [5.74, 6) is 1.09. The molecule has 0 aromatic carbocycles. The maximum atomic E-state index is 12.3. The lowest BCUT2D eigenvalue weighted by atomic mass is 9.98. The molecule has 1 rings (SSSR count). The second kappa shape index (κ2) is 6.39. The Hall–Kier alpha value is -0.570.